The molecule has 1 aromatic carbocycles. The summed E-state index contributed by atoms with van der Waals surface area (Å²) in [5.74, 6) is -0.191. The van der Waals surface area contributed by atoms with Gasteiger partial charge in [-0.05, 0) is 30.9 Å². The van der Waals surface area contributed by atoms with Gasteiger partial charge in [0.15, 0.2) is 0 Å². The number of primary amides is 1. The first-order valence-corrected chi connectivity index (χ1v) is 7.43. The topological polar surface area (TPSA) is 94.1 Å². The van der Waals surface area contributed by atoms with E-state index in [1.54, 1.807) is 9.58 Å². The highest BCUT2D eigenvalue weighted by Crippen LogP contribution is 2.23. The minimum absolute atomic E-state index is 0.0681. The lowest BCUT2D eigenvalue weighted by molar-refractivity contribution is -0.142. The van der Waals surface area contributed by atoms with Crippen molar-refractivity contribution in [2.24, 2.45) is 11.7 Å². The zero-order valence-corrected chi connectivity index (χ0v) is 12.5. The van der Waals surface area contributed by atoms with Crippen molar-refractivity contribution in [2.75, 3.05) is 6.54 Å². The fourth-order valence-electron chi connectivity index (χ4n) is 2.96. The van der Waals surface area contributed by atoms with Gasteiger partial charge in [-0.25, -0.2) is 4.68 Å². The predicted molar refractivity (Wildman–Crippen MR) is 80.6 cm³/mol. The molecule has 3 rings (SSSR count). The number of carbonyl (C=O) groups excluding carboxylic acids is 2. The highest BCUT2D eigenvalue weighted by molar-refractivity contribution is 5.87. The molecule has 2 heterocycles. The Morgan fingerprint density at radius 2 is 2.14 bits per heavy atom. The Bertz CT molecular complexity index is 711. The van der Waals surface area contributed by atoms with Crippen molar-refractivity contribution >= 4 is 22.8 Å². The summed E-state index contributed by atoms with van der Waals surface area (Å²) < 4.78 is 1.56. The highest BCUT2D eigenvalue weighted by Gasteiger charge is 2.33. The van der Waals surface area contributed by atoms with Crippen LogP contribution in [-0.4, -0.2) is 44.3 Å². The number of nitrogens with two attached hydrogens (primary N) is 1. The minimum atomic E-state index is -0.522. The number of aromatic nitrogens is 3. The molecule has 2 unspecified atom stereocenters. The zero-order chi connectivity index (χ0) is 15.7. The molecule has 2 N–H and O–H groups in total. The lowest BCUT2D eigenvalue weighted by Gasteiger charge is -2.36. The number of hydrogen-bond donors (Lipinski definition) is 1. The van der Waals surface area contributed by atoms with Crippen LogP contribution in [0.3, 0.4) is 0 Å². The van der Waals surface area contributed by atoms with Crippen LogP contribution in [0.1, 0.15) is 19.8 Å². The van der Waals surface area contributed by atoms with Crippen LogP contribution in [0, 0.1) is 5.92 Å². The van der Waals surface area contributed by atoms with Crippen LogP contribution in [0.4, 0.5) is 0 Å². The second-order valence-electron chi connectivity index (χ2n) is 5.87. The average Bonchev–Trinajstić information content (AvgIpc) is 2.90. The van der Waals surface area contributed by atoms with E-state index in [2.05, 4.69) is 17.2 Å². The molecular formula is C15H19N5O2. The number of fused-ring (bicyclic) bond motifs is 1. The summed E-state index contributed by atoms with van der Waals surface area (Å²) >= 11 is 0. The monoisotopic (exact) mass is 301 g/mol. The lowest BCUT2D eigenvalue weighted by Crippen LogP contribution is -2.53. The van der Waals surface area contributed by atoms with Crippen LogP contribution in [0.15, 0.2) is 24.3 Å². The largest absolute Gasteiger partial charge is 0.368 e. The van der Waals surface area contributed by atoms with E-state index in [4.69, 9.17) is 5.73 Å². The molecule has 7 heteroatoms. The lowest BCUT2D eigenvalue weighted by atomic mass is 9.92. The maximum absolute atomic E-state index is 12.6. The number of rotatable bonds is 3. The number of nitrogens with zero attached hydrogens (tertiary/aromatic N) is 4. The SMILES string of the molecule is CC1CCN(C(=O)Cn2nnc3ccccc32)C(C(N)=O)C1. The summed E-state index contributed by atoms with van der Waals surface area (Å²) in [6, 6.07) is 6.94. The van der Waals surface area contributed by atoms with Gasteiger partial charge < -0.3 is 10.6 Å². The van der Waals surface area contributed by atoms with Crippen molar-refractivity contribution in [3.63, 3.8) is 0 Å². The fourth-order valence-corrected chi connectivity index (χ4v) is 2.96. The standard InChI is InChI=1S/C15H19N5O2/c1-10-6-7-19(13(8-10)15(16)22)14(21)9-20-12-5-3-2-4-11(12)17-18-20/h2-5,10,13H,6-9H2,1H3,(H2,16,22). The number of benzene rings is 1. The summed E-state index contributed by atoms with van der Waals surface area (Å²) in [5.41, 5.74) is 7.00. The van der Waals surface area contributed by atoms with Crippen molar-refractivity contribution in [1.82, 2.24) is 19.9 Å². The normalized spacial score (nSPS) is 22.0. The molecule has 1 saturated heterocycles. The molecule has 1 fully saturated rings. The number of likely N-dealkylation sites (tertiary alicyclic amines) is 1. The number of hydrogen-bond acceptors (Lipinski definition) is 4. The summed E-state index contributed by atoms with van der Waals surface area (Å²) in [4.78, 5) is 25.8. The molecule has 7 nitrogen and oxygen atoms in total. The zero-order valence-electron chi connectivity index (χ0n) is 12.5. The van der Waals surface area contributed by atoms with E-state index >= 15 is 0 Å². The van der Waals surface area contributed by atoms with Crippen molar-refractivity contribution < 1.29 is 9.59 Å². The van der Waals surface area contributed by atoms with Gasteiger partial charge in [0.1, 0.15) is 18.1 Å². The first-order valence-electron chi connectivity index (χ1n) is 7.43. The van der Waals surface area contributed by atoms with Gasteiger partial charge in [0.25, 0.3) is 0 Å². The predicted octanol–water partition coefficient (Wildman–Crippen LogP) is 0.544. The van der Waals surface area contributed by atoms with Gasteiger partial charge in [0.05, 0.1) is 5.52 Å². The summed E-state index contributed by atoms with van der Waals surface area (Å²) in [6.07, 6.45) is 1.51. The minimum Gasteiger partial charge on any atom is -0.368 e. The summed E-state index contributed by atoms with van der Waals surface area (Å²) in [7, 11) is 0. The van der Waals surface area contributed by atoms with Crippen LogP contribution in [-0.2, 0) is 16.1 Å². The molecule has 22 heavy (non-hydrogen) atoms. The van der Waals surface area contributed by atoms with Crippen LogP contribution in [0.5, 0.6) is 0 Å². The third-order valence-corrected chi connectivity index (χ3v) is 4.22. The Balaban J connectivity index is 1.80. The van der Waals surface area contributed by atoms with E-state index in [0.29, 0.717) is 18.9 Å². The molecular weight excluding hydrogens is 282 g/mol. The fraction of sp³-hybridized carbons (Fsp3) is 0.467. The number of piperidine rings is 1. The molecule has 2 atom stereocenters. The Morgan fingerprint density at radius 3 is 2.91 bits per heavy atom. The second kappa shape index (κ2) is 5.75. The van der Waals surface area contributed by atoms with Crippen LogP contribution in [0.25, 0.3) is 11.0 Å². The van der Waals surface area contributed by atoms with Crippen molar-refractivity contribution in [2.45, 2.75) is 32.4 Å². The summed E-state index contributed by atoms with van der Waals surface area (Å²) in [5, 5.41) is 8.05. The van der Waals surface area contributed by atoms with Crippen molar-refractivity contribution in [3.05, 3.63) is 24.3 Å². The molecule has 116 valence electrons. The maximum atomic E-state index is 12.6. The second-order valence-corrected chi connectivity index (χ2v) is 5.87. The third-order valence-electron chi connectivity index (χ3n) is 4.22. The third kappa shape index (κ3) is 2.66. The van der Waals surface area contributed by atoms with Gasteiger partial charge >= 0.3 is 0 Å². The molecule has 0 bridgehead atoms. The van der Waals surface area contributed by atoms with E-state index < -0.39 is 11.9 Å². The van der Waals surface area contributed by atoms with Crippen LogP contribution < -0.4 is 5.73 Å². The number of amides is 2. The molecule has 0 saturated carbocycles. The van der Waals surface area contributed by atoms with Gasteiger partial charge in [-0.2, -0.15) is 0 Å². The molecule has 2 amide bonds. The van der Waals surface area contributed by atoms with Gasteiger partial charge in [-0.15, -0.1) is 5.10 Å². The molecule has 0 spiro atoms. The number of carbonyl (C=O) groups is 2. The molecule has 1 aromatic heterocycles. The molecule has 1 aliphatic heterocycles. The Labute approximate surface area is 128 Å². The first kappa shape index (κ1) is 14.5. The smallest absolute Gasteiger partial charge is 0.245 e. The van der Waals surface area contributed by atoms with Gasteiger partial charge in [-0.3, -0.25) is 9.59 Å². The van der Waals surface area contributed by atoms with E-state index in [1.165, 1.54) is 0 Å². The van der Waals surface area contributed by atoms with Gasteiger partial charge in [-0.1, -0.05) is 24.3 Å². The molecule has 1 aliphatic rings. The maximum Gasteiger partial charge on any atom is 0.245 e. The van der Waals surface area contributed by atoms with E-state index in [-0.39, 0.29) is 12.5 Å². The van der Waals surface area contributed by atoms with Crippen LogP contribution in [0.2, 0.25) is 0 Å². The highest BCUT2D eigenvalue weighted by atomic mass is 16.2. The van der Waals surface area contributed by atoms with Gasteiger partial charge in [0, 0.05) is 6.54 Å². The van der Waals surface area contributed by atoms with E-state index in [1.807, 2.05) is 24.3 Å². The molecule has 0 aliphatic carbocycles. The first-order chi connectivity index (χ1) is 10.6. The van der Waals surface area contributed by atoms with Gasteiger partial charge in [0.2, 0.25) is 11.8 Å². The molecule has 0 radical (unpaired) electrons. The van der Waals surface area contributed by atoms with Crippen LogP contribution >= 0.6 is 0 Å². The van der Waals surface area contributed by atoms with Crippen molar-refractivity contribution in [1.29, 1.82) is 0 Å². The molecule has 2 aromatic rings. The average molecular weight is 301 g/mol. The van der Waals surface area contributed by atoms with E-state index in [0.717, 1.165) is 17.5 Å². The number of para-hydroxylation sites is 1. The Kier molecular flexibility index (Phi) is 3.79. The quantitative estimate of drug-likeness (QED) is 0.895. The van der Waals surface area contributed by atoms with Crippen molar-refractivity contribution in [3.8, 4) is 0 Å². The Hall–Kier alpha value is -2.44. The van der Waals surface area contributed by atoms with E-state index in [9.17, 15) is 9.59 Å². The summed E-state index contributed by atoms with van der Waals surface area (Å²) in [6.45, 7) is 2.70. The Morgan fingerprint density at radius 1 is 1.36 bits per heavy atom.